The van der Waals surface area contributed by atoms with E-state index < -0.39 is 24.7 Å². The Labute approximate surface area is 157 Å². The van der Waals surface area contributed by atoms with E-state index in [1.165, 1.54) is 19.1 Å². The Morgan fingerprint density at radius 1 is 1.26 bits per heavy atom. The number of rotatable bonds is 8. The molecular formula is C18H26F3N3O3. The number of halogens is 3. The van der Waals surface area contributed by atoms with E-state index in [0.717, 1.165) is 5.56 Å². The summed E-state index contributed by atoms with van der Waals surface area (Å²) in [6.07, 6.45) is -3.98. The van der Waals surface area contributed by atoms with Crippen molar-refractivity contribution in [1.29, 1.82) is 0 Å². The number of methoxy groups -OCH3 is 2. The highest BCUT2D eigenvalue weighted by Gasteiger charge is 2.43. The van der Waals surface area contributed by atoms with Crippen LogP contribution in [0.3, 0.4) is 0 Å². The summed E-state index contributed by atoms with van der Waals surface area (Å²) < 4.78 is 50.4. The molecule has 1 aliphatic heterocycles. The number of carbonyl (C=O) groups is 1. The molecule has 0 aliphatic carbocycles. The quantitative estimate of drug-likeness (QED) is 0.707. The molecule has 27 heavy (non-hydrogen) atoms. The summed E-state index contributed by atoms with van der Waals surface area (Å²) in [4.78, 5) is 13.5. The normalized spacial score (nSPS) is 16.6. The molecule has 2 N–H and O–H groups in total. The molecule has 0 spiro atoms. The van der Waals surface area contributed by atoms with Gasteiger partial charge in [0.2, 0.25) is 5.91 Å². The van der Waals surface area contributed by atoms with Crippen molar-refractivity contribution in [2.75, 3.05) is 46.9 Å². The maximum Gasteiger partial charge on any atom is 0.405 e. The Kier molecular flexibility index (Phi) is 7.73. The molecule has 9 heteroatoms. The summed E-state index contributed by atoms with van der Waals surface area (Å²) in [5.74, 6) is 0.809. The van der Waals surface area contributed by atoms with E-state index in [2.05, 4.69) is 10.6 Å². The molecule has 0 bridgehead atoms. The smallest absolute Gasteiger partial charge is 0.405 e. The molecule has 1 aromatic rings. The summed E-state index contributed by atoms with van der Waals surface area (Å²) in [6, 6.07) is 3.56. The average molecular weight is 389 g/mol. The number of carbonyl (C=O) groups excluding carboxylic acids is 1. The minimum Gasteiger partial charge on any atom is -0.497 e. The van der Waals surface area contributed by atoms with E-state index in [4.69, 9.17) is 9.47 Å². The van der Waals surface area contributed by atoms with Crippen LogP contribution in [0.15, 0.2) is 18.2 Å². The molecule has 1 aromatic carbocycles. The van der Waals surface area contributed by atoms with Crippen molar-refractivity contribution in [3.63, 3.8) is 0 Å². The van der Waals surface area contributed by atoms with Crippen molar-refractivity contribution >= 4 is 5.91 Å². The fraction of sp³-hybridized carbons (Fsp3) is 0.611. The predicted molar refractivity (Wildman–Crippen MR) is 95.2 cm³/mol. The van der Waals surface area contributed by atoms with Gasteiger partial charge in [0.15, 0.2) is 0 Å². The second kappa shape index (κ2) is 9.80. The number of hydrogen-bond acceptors (Lipinski definition) is 5. The van der Waals surface area contributed by atoms with Gasteiger partial charge in [-0.1, -0.05) is 0 Å². The SMILES string of the molecule is COc1ccc(OC)c(CCC(=O)NCC(N2CCNCC2)C(F)(F)F)c1. The van der Waals surface area contributed by atoms with Crippen LogP contribution in [0.2, 0.25) is 0 Å². The van der Waals surface area contributed by atoms with Gasteiger partial charge in [0, 0.05) is 39.1 Å². The van der Waals surface area contributed by atoms with Crippen LogP contribution in [-0.2, 0) is 11.2 Å². The molecule has 1 fully saturated rings. The van der Waals surface area contributed by atoms with Gasteiger partial charge in [-0.15, -0.1) is 0 Å². The summed E-state index contributed by atoms with van der Waals surface area (Å²) in [7, 11) is 3.05. The highest BCUT2D eigenvalue weighted by molar-refractivity contribution is 5.76. The van der Waals surface area contributed by atoms with Crippen LogP contribution in [0.5, 0.6) is 11.5 Å². The van der Waals surface area contributed by atoms with Crippen molar-refractivity contribution in [1.82, 2.24) is 15.5 Å². The molecular weight excluding hydrogens is 363 g/mol. The topological polar surface area (TPSA) is 62.8 Å². The zero-order valence-corrected chi connectivity index (χ0v) is 15.6. The van der Waals surface area contributed by atoms with Gasteiger partial charge >= 0.3 is 6.18 Å². The van der Waals surface area contributed by atoms with Gasteiger partial charge in [-0.25, -0.2) is 0 Å². The highest BCUT2D eigenvalue weighted by Crippen LogP contribution is 2.26. The molecule has 1 atom stereocenters. The lowest BCUT2D eigenvalue weighted by Gasteiger charge is -2.35. The molecule has 2 rings (SSSR count). The van der Waals surface area contributed by atoms with Gasteiger partial charge in [0.25, 0.3) is 0 Å². The summed E-state index contributed by atoms with van der Waals surface area (Å²) in [5, 5.41) is 5.46. The minimum atomic E-state index is -4.39. The highest BCUT2D eigenvalue weighted by atomic mass is 19.4. The maximum atomic E-state index is 13.3. The summed E-state index contributed by atoms with van der Waals surface area (Å²) in [5.41, 5.74) is 0.765. The Morgan fingerprint density at radius 3 is 2.56 bits per heavy atom. The first-order valence-electron chi connectivity index (χ1n) is 8.84. The minimum absolute atomic E-state index is 0.0651. The van der Waals surface area contributed by atoms with Gasteiger partial charge in [0.05, 0.1) is 14.2 Å². The van der Waals surface area contributed by atoms with Crippen molar-refractivity contribution in [3.05, 3.63) is 23.8 Å². The summed E-state index contributed by atoms with van der Waals surface area (Å²) in [6.45, 7) is 1.19. The van der Waals surface area contributed by atoms with Crippen LogP contribution < -0.4 is 20.1 Å². The van der Waals surface area contributed by atoms with Crippen LogP contribution in [0, 0.1) is 0 Å². The van der Waals surface area contributed by atoms with Crippen LogP contribution in [0.1, 0.15) is 12.0 Å². The number of piperazine rings is 1. The number of benzene rings is 1. The molecule has 1 heterocycles. The first kappa shape index (κ1) is 21.3. The number of hydrogen-bond donors (Lipinski definition) is 2. The fourth-order valence-corrected chi connectivity index (χ4v) is 3.07. The van der Waals surface area contributed by atoms with Gasteiger partial charge in [0.1, 0.15) is 17.5 Å². The molecule has 1 unspecified atom stereocenters. The first-order valence-corrected chi connectivity index (χ1v) is 8.84. The van der Waals surface area contributed by atoms with E-state index in [-0.39, 0.29) is 6.42 Å². The second-order valence-corrected chi connectivity index (χ2v) is 6.33. The third-order valence-corrected chi connectivity index (χ3v) is 4.57. The van der Waals surface area contributed by atoms with Crippen molar-refractivity contribution in [2.45, 2.75) is 25.1 Å². The van der Waals surface area contributed by atoms with Crippen LogP contribution in [0.4, 0.5) is 13.2 Å². The largest absolute Gasteiger partial charge is 0.497 e. The van der Waals surface area contributed by atoms with Crippen LogP contribution in [0.25, 0.3) is 0 Å². The Bertz CT molecular complexity index is 620. The van der Waals surface area contributed by atoms with Gasteiger partial charge in [-0.2, -0.15) is 13.2 Å². The lowest BCUT2D eigenvalue weighted by Crippen LogP contribution is -2.57. The Hall–Kier alpha value is -2.00. The first-order chi connectivity index (χ1) is 12.8. The molecule has 1 saturated heterocycles. The number of nitrogens with one attached hydrogen (secondary N) is 2. The maximum absolute atomic E-state index is 13.3. The van der Waals surface area contributed by atoms with Gasteiger partial charge in [-0.3, -0.25) is 9.69 Å². The standard InChI is InChI=1S/C18H26F3N3O3/c1-26-14-4-5-15(27-2)13(11-14)3-6-17(25)23-12-16(18(19,20)21)24-9-7-22-8-10-24/h4-5,11,16,22H,3,6-10,12H2,1-2H3,(H,23,25). The van der Waals surface area contributed by atoms with E-state index >= 15 is 0 Å². The predicted octanol–water partition coefficient (Wildman–Crippen LogP) is 1.59. The zero-order valence-electron chi connectivity index (χ0n) is 15.6. The Balaban J connectivity index is 1.90. The van der Waals surface area contributed by atoms with Gasteiger partial charge in [-0.05, 0) is 30.2 Å². The van der Waals surface area contributed by atoms with E-state index in [1.807, 2.05) is 0 Å². The third-order valence-electron chi connectivity index (χ3n) is 4.57. The van der Waals surface area contributed by atoms with Crippen molar-refractivity contribution in [2.24, 2.45) is 0 Å². The second-order valence-electron chi connectivity index (χ2n) is 6.33. The number of nitrogens with zero attached hydrogens (tertiary/aromatic N) is 1. The lowest BCUT2D eigenvalue weighted by molar-refractivity contribution is -0.184. The third kappa shape index (κ3) is 6.28. The molecule has 1 aliphatic rings. The molecule has 1 amide bonds. The average Bonchev–Trinajstić information content (AvgIpc) is 2.66. The molecule has 0 radical (unpaired) electrons. The number of aryl methyl sites for hydroxylation is 1. The van der Waals surface area contributed by atoms with Crippen LogP contribution in [-0.4, -0.2) is 70.0 Å². The Morgan fingerprint density at radius 2 is 1.96 bits per heavy atom. The van der Waals surface area contributed by atoms with Gasteiger partial charge < -0.3 is 20.1 Å². The van der Waals surface area contributed by atoms with Crippen molar-refractivity contribution < 1.29 is 27.4 Å². The molecule has 0 saturated carbocycles. The molecule has 152 valence electrons. The number of amides is 1. The van der Waals surface area contributed by atoms with Crippen molar-refractivity contribution in [3.8, 4) is 11.5 Å². The van der Waals surface area contributed by atoms with E-state index in [1.54, 1.807) is 18.2 Å². The van der Waals surface area contributed by atoms with E-state index in [0.29, 0.717) is 44.1 Å². The molecule has 6 nitrogen and oxygen atoms in total. The molecule has 0 aromatic heterocycles. The number of ether oxygens (including phenoxy) is 2. The van der Waals surface area contributed by atoms with Crippen LogP contribution >= 0.6 is 0 Å². The fourth-order valence-electron chi connectivity index (χ4n) is 3.07. The monoisotopic (exact) mass is 389 g/mol. The number of alkyl halides is 3. The van der Waals surface area contributed by atoms with E-state index in [9.17, 15) is 18.0 Å². The zero-order chi connectivity index (χ0) is 19.9. The summed E-state index contributed by atoms with van der Waals surface area (Å²) >= 11 is 0. The lowest BCUT2D eigenvalue weighted by atomic mass is 10.1.